The number of pyridine rings is 1. The van der Waals surface area contributed by atoms with Gasteiger partial charge in [-0.25, -0.2) is 9.67 Å². The molecule has 0 aliphatic carbocycles. The molecule has 1 aliphatic rings. The van der Waals surface area contributed by atoms with Gasteiger partial charge in [0.05, 0.1) is 24.2 Å². The van der Waals surface area contributed by atoms with E-state index in [2.05, 4.69) is 20.6 Å². The number of hydrogen-bond donors (Lipinski definition) is 3. The van der Waals surface area contributed by atoms with Crippen molar-refractivity contribution in [2.24, 2.45) is 0 Å². The molecule has 0 radical (unpaired) electrons. The number of nitriles is 1. The summed E-state index contributed by atoms with van der Waals surface area (Å²) in [7, 11) is 0. The molecule has 1 fully saturated rings. The fraction of sp³-hybridized carbons (Fsp3) is 0.217. The first-order chi connectivity index (χ1) is 17.3. The number of nitrogens with two attached hydrogens (primary N) is 1. The summed E-state index contributed by atoms with van der Waals surface area (Å²) in [6, 6.07) is 11.5. The Morgan fingerprint density at radius 3 is 2.97 bits per heavy atom. The standard InChI is InChI=1S/C23H20N8O5/c1-23(34,22(33)27-13-2-3-16-17(11-13)36-29-20(16)25)19-21(32)30(8-9-35-19)18-5-7-31(28-18)15-4-6-26-14(10-15)12-24/h2-7,10-11,19,34H,8-9H2,1H3,(H2,25,29)(H,27,33)/t19-,23?/m0/s1. The molecule has 1 aromatic carbocycles. The molecule has 1 aliphatic heterocycles. The maximum Gasteiger partial charge on any atom is 0.260 e. The summed E-state index contributed by atoms with van der Waals surface area (Å²) in [5.74, 6) is -0.959. The molecule has 4 heterocycles. The number of aliphatic hydroxyl groups is 1. The van der Waals surface area contributed by atoms with Crippen LogP contribution in [0.3, 0.4) is 0 Å². The molecule has 0 bridgehead atoms. The number of carbonyl (C=O) groups is 2. The number of amides is 2. The summed E-state index contributed by atoms with van der Waals surface area (Å²) in [4.78, 5) is 31.5. The Labute approximate surface area is 203 Å². The summed E-state index contributed by atoms with van der Waals surface area (Å²) < 4.78 is 12.1. The summed E-state index contributed by atoms with van der Waals surface area (Å²) >= 11 is 0. The topological polar surface area (TPSA) is 185 Å². The minimum Gasteiger partial charge on any atom is -0.380 e. The van der Waals surface area contributed by atoms with E-state index in [1.807, 2.05) is 6.07 Å². The average Bonchev–Trinajstić information content (AvgIpc) is 3.51. The van der Waals surface area contributed by atoms with E-state index in [1.54, 1.807) is 36.5 Å². The van der Waals surface area contributed by atoms with Crippen molar-refractivity contribution in [3.05, 3.63) is 54.5 Å². The first kappa shape index (κ1) is 23.0. The second kappa shape index (κ2) is 8.77. The monoisotopic (exact) mass is 488 g/mol. The van der Waals surface area contributed by atoms with E-state index in [-0.39, 0.29) is 24.7 Å². The number of nitrogens with zero attached hydrogens (tertiary/aromatic N) is 6. The highest BCUT2D eigenvalue weighted by molar-refractivity contribution is 6.06. The molecule has 2 atom stereocenters. The zero-order valence-electron chi connectivity index (χ0n) is 19.0. The number of ether oxygens (including phenoxy) is 1. The fourth-order valence-electron chi connectivity index (χ4n) is 3.85. The van der Waals surface area contributed by atoms with E-state index in [0.717, 1.165) is 0 Å². The summed E-state index contributed by atoms with van der Waals surface area (Å²) in [5, 5.41) is 31.3. The van der Waals surface area contributed by atoms with Crippen molar-refractivity contribution >= 4 is 40.1 Å². The quantitative estimate of drug-likeness (QED) is 0.366. The third kappa shape index (κ3) is 4.00. The lowest BCUT2D eigenvalue weighted by atomic mass is 9.95. The van der Waals surface area contributed by atoms with Gasteiger partial charge in [-0.1, -0.05) is 5.16 Å². The van der Waals surface area contributed by atoms with Crippen molar-refractivity contribution in [2.75, 3.05) is 29.1 Å². The van der Waals surface area contributed by atoms with Crippen molar-refractivity contribution in [2.45, 2.75) is 18.6 Å². The number of anilines is 3. The lowest BCUT2D eigenvalue weighted by molar-refractivity contribution is -0.165. The van der Waals surface area contributed by atoms with Crippen LogP contribution in [0.1, 0.15) is 12.6 Å². The lowest BCUT2D eigenvalue weighted by Gasteiger charge is -2.37. The van der Waals surface area contributed by atoms with Crippen LogP contribution in [-0.4, -0.2) is 61.7 Å². The van der Waals surface area contributed by atoms with E-state index in [0.29, 0.717) is 28.2 Å². The Bertz CT molecular complexity index is 1520. The van der Waals surface area contributed by atoms with E-state index < -0.39 is 23.5 Å². The minimum atomic E-state index is -2.21. The van der Waals surface area contributed by atoms with Crippen molar-refractivity contribution in [3.8, 4) is 11.8 Å². The molecule has 182 valence electrons. The van der Waals surface area contributed by atoms with Crippen LogP contribution in [0.4, 0.5) is 17.3 Å². The van der Waals surface area contributed by atoms with Crippen LogP contribution in [0.15, 0.2) is 53.3 Å². The van der Waals surface area contributed by atoms with Crippen LogP contribution in [0.25, 0.3) is 16.7 Å². The van der Waals surface area contributed by atoms with Crippen LogP contribution >= 0.6 is 0 Å². The Morgan fingerprint density at radius 2 is 2.17 bits per heavy atom. The molecular weight excluding hydrogens is 468 g/mol. The Balaban J connectivity index is 1.34. The maximum atomic E-state index is 13.3. The number of morpholine rings is 1. The molecule has 1 saturated heterocycles. The smallest absolute Gasteiger partial charge is 0.260 e. The van der Waals surface area contributed by atoms with Gasteiger partial charge in [0.2, 0.25) is 0 Å². The third-order valence-electron chi connectivity index (χ3n) is 5.79. The molecular formula is C23H20N8O5. The van der Waals surface area contributed by atoms with Gasteiger partial charge in [0, 0.05) is 36.3 Å². The molecule has 1 unspecified atom stereocenters. The van der Waals surface area contributed by atoms with Gasteiger partial charge in [-0.3, -0.25) is 14.5 Å². The number of nitrogen functional groups attached to an aromatic ring is 1. The van der Waals surface area contributed by atoms with Gasteiger partial charge in [0.1, 0.15) is 11.8 Å². The van der Waals surface area contributed by atoms with Crippen molar-refractivity contribution in [3.63, 3.8) is 0 Å². The first-order valence-corrected chi connectivity index (χ1v) is 10.8. The van der Waals surface area contributed by atoms with Gasteiger partial charge >= 0.3 is 0 Å². The van der Waals surface area contributed by atoms with Gasteiger partial charge < -0.3 is 25.4 Å². The highest BCUT2D eigenvalue weighted by atomic mass is 16.5. The van der Waals surface area contributed by atoms with Gasteiger partial charge in [-0.2, -0.15) is 5.26 Å². The van der Waals surface area contributed by atoms with Crippen molar-refractivity contribution < 1.29 is 24.0 Å². The number of aromatic nitrogens is 4. The van der Waals surface area contributed by atoms with E-state index in [4.69, 9.17) is 20.3 Å². The summed E-state index contributed by atoms with van der Waals surface area (Å²) in [5.41, 5.74) is 4.98. The minimum absolute atomic E-state index is 0.0732. The van der Waals surface area contributed by atoms with Crippen LogP contribution < -0.4 is 16.0 Å². The second-order valence-corrected chi connectivity index (χ2v) is 8.25. The predicted molar refractivity (Wildman–Crippen MR) is 126 cm³/mol. The molecule has 13 nitrogen and oxygen atoms in total. The molecule has 0 spiro atoms. The number of nitrogens with one attached hydrogen (secondary N) is 1. The number of fused-ring (bicyclic) bond motifs is 1. The zero-order chi connectivity index (χ0) is 25.4. The van der Waals surface area contributed by atoms with Gasteiger partial charge in [-0.05, 0) is 25.1 Å². The Hall–Kier alpha value is -4.80. The van der Waals surface area contributed by atoms with Crippen LogP contribution in [-0.2, 0) is 14.3 Å². The van der Waals surface area contributed by atoms with Gasteiger partial charge in [-0.15, -0.1) is 5.10 Å². The zero-order valence-corrected chi connectivity index (χ0v) is 19.0. The number of benzene rings is 1. The number of hydrogen-bond acceptors (Lipinski definition) is 10. The van der Waals surface area contributed by atoms with Crippen molar-refractivity contribution in [1.29, 1.82) is 5.26 Å². The maximum absolute atomic E-state index is 13.3. The van der Waals surface area contributed by atoms with E-state index in [9.17, 15) is 14.7 Å². The first-order valence-electron chi connectivity index (χ1n) is 10.8. The molecule has 0 saturated carbocycles. The van der Waals surface area contributed by atoms with Crippen LogP contribution in [0, 0.1) is 11.3 Å². The highest BCUT2D eigenvalue weighted by Crippen LogP contribution is 2.27. The van der Waals surface area contributed by atoms with E-state index in [1.165, 1.54) is 28.8 Å². The van der Waals surface area contributed by atoms with E-state index >= 15 is 0 Å². The highest BCUT2D eigenvalue weighted by Gasteiger charge is 2.48. The molecule has 5 rings (SSSR count). The Kier molecular flexibility index (Phi) is 5.59. The van der Waals surface area contributed by atoms with Crippen LogP contribution in [0.5, 0.6) is 0 Å². The fourth-order valence-corrected chi connectivity index (χ4v) is 3.85. The molecule has 13 heteroatoms. The van der Waals surface area contributed by atoms with Crippen molar-refractivity contribution in [1.82, 2.24) is 19.9 Å². The number of carbonyl (C=O) groups excluding carboxylic acids is 2. The molecule has 4 aromatic rings. The summed E-state index contributed by atoms with van der Waals surface area (Å²) in [6.07, 6.45) is 1.63. The largest absolute Gasteiger partial charge is 0.380 e. The Morgan fingerprint density at radius 1 is 1.33 bits per heavy atom. The average molecular weight is 488 g/mol. The predicted octanol–water partition coefficient (Wildman–Crippen LogP) is 0.984. The molecule has 3 aromatic heterocycles. The third-order valence-corrected chi connectivity index (χ3v) is 5.79. The van der Waals surface area contributed by atoms with Gasteiger partial charge in [0.25, 0.3) is 11.8 Å². The lowest BCUT2D eigenvalue weighted by Crippen LogP contribution is -2.61. The second-order valence-electron chi connectivity index (χ2n) is 8.25. The molecule has 2 amide bonds. The molecule has 36 heavy (non-hydrogen) atoms. The normalized spacial score (nSPS) is 17.5. The SMILES string of the molecule is CC(O)(C(=O)Nc1ccc2c(N)noc2c1)[C@H]1OCCN(c2ccn(-c3ccnc(C#N)c3)n2)C1=O. The van der Waals surface area contributed by atoms with Crippen LogP contribution in [0.2, 0.25) is 0 Å². The molecule has 4 N–H and O–H groups in total. The number of rotatable bonds is 5. The summed E-state index contributed by atoms with van der Waals surface area (Å²) in [6.45, 7) is 1.45. The van der Waals surface area contributed by atoms with Gasteiger partial charge in [0.15, 0.2) is 28.9 Å².